The number of thioether (sulfide) groups is 1. The van der Waals surface area contributed by atoms with E-state index in [1.165, 1.54) is 10.5 Å². The molecule has 1 aromatic heterocycles. The smallest absolute Gasteiger partial charge is 0.272 e. The molecule has 1 amide bonds. The molecule has 1 atom stereocenters. The molecule has 5 heteroatoms. The van der Waals surface area contributed by atoms with E-state index in [1.807, 2.05) is 48.2 Å². The Labute approximate surface area is 132 Å². The summed E-state index contributed by atoms with van der Waals surface area (Å²) < 4.78 is 0. The summed E-state index contributed by atoms with van der Waals surface area (Å²) in [6.45, 7) is 0. The molecular weight excluding hydrogens is 294 g/mol. The van der Waals surface area contributed by atoms with Crippen molar-refractivity contribution in [3.05, 3.63) is 59.8 Å². The summed E-state index contributed by atoms with van der Waals surface area (Å²) in [5.74, 6) is 0.896. The van der Waals surface area contributed by atoms with Gasteiger partial charge in [0, 0.05) is 16.0 Å². The summed E-state index contributed by atoms with van der Waals surface area (Å²) in [6.07, 6.45) is 0.940. The number of aromatic amines is 1. The predicted molar refractivity (Wildman–Crippen MR) is 88.1 cm³/mol. The molecule has 4 rings (SSSR count). The van der Waals surface area contributed by atoms with Crippen LogP contribution in [0.4, 0.5) is 0 Å². The van der Waals surface area contributed by atoms with Crippen LogP contribution in [0.15, 0.2) is 53.4 Å². The average Bonchev–Trinajstić information content (AvgIpc) is 2.99. The van der Waals surface area contributed by atoms with Gasteiger partial charge in [-0.05, 0) is 24.1 Å². The monoisotopic (exact) mass is 309 g/mol. The topological polar surface area (TPSA) is 57.8 Å². The maximum atomic E-state index is 12.6. The number of aromatic nitrogens is 2. The molecule has 4 nitrogen and oxygen atoms in total. The molecule has 1 aliphatic heterocycles. The van der Waals surface area contributed by atoms with Gasteiger partial charge in [-0.15, -0.1) is 11.8 Å². The minimum absolute atomic E-state index is 0.0559. The van der Waals surface area contributed by atoms with Gasteiger partial charge in [0.05, 0.1) is 11.6 Å². The van der Waals surface area contributed by atoms with Gasteiger partial charge in [-0.2, -0.15) is 5.10 Å². The molecule has 110 valence electrons. The van der Waals surface area contributed by atoms with Crippen LogP contribution in [0.25, 0.3) is 10.9 Å². The molecule has 0 bridgehead atoms. The van der Waals surface area contributed by atoms with Gasteiger partial charge in [-0.25, -0.2) is 0 Å². The number of carbonyl (C=O) groups is 1. The van der Waals surface area contributed by atoms with Crippen molar-refractivity contribution in [2.24, 2.45) is 0 Å². The highest BCUT2D eigenvalue weighted by atomic mass is 32.2. The molecule has 0 saturated heterocycles. The van der Waals surface area contributed by atoms with Crippen molar-refractivity contribution in [3.63, 3.8) is 0 Å². The number of benzene rings is 2. The molecule has 0 aliphatic carbocycles. The highest BCUT2D eigenvalue weighted by molar-refractivity contribution is 7.99. The number of hydrogen-bond acceptors (Lipinski definition) is 3. The number of nitrogens with one attached hydrogen (secondary N) is 2. The number of rotatable bonds is 2. The second-order valence-corrected chi connectivity index (χ2v) is 6.46. The first-order chi connectivity index (χ1) is 10.8. The SMILES string of the molecule is O=C(N[C@H]1CCSc2ccccc21)c1n[nH]c2ccccc12. The molecule has 0 unspecified atom stereocenters. The molecule has 2 N–H and O–H groups in total. The second kappa shape index (κ2) is 5.50. The van der Waals surface area contributed by atoms with Gasteiger partial charge in [0.25, 0.3) is 5.91 Å². The third-order valence-corrected chi connectivity index (χ3v) is 5.07. The molecule has 1 aliphatic rings. The van der Waals surface area contributed by atoms with E-state index < -0.39 is 0 Å². The third-order valence-electron chi connectivity index (χ3n) is 3.95. The first-order valence-electron chi connectivity index (χ1n) is 7.28. The molecule has 2 aromatic carbocycles. The predicted octanol–water partition coefficient (Wildman–Crippen LogP) is 3.53. The number of carbonyl (C=O) groups excluding carboxylic acids is 1. The average molecular weight is 309 g/mol. The van der Waals surface area contributed by atoms with Crippen molar-refractivity contribution in [1.82, 2.24) is 15.5 Å². The first-order valence-corrected chi connectivity index (χ1v) is 8.27. The Hall–Kier alpha value is -2.27. The summed E-state index contributed by atoms with van der Waals surface area (Å²) in [7, 11) is 0. The normalized spacial score (nSPS) is 17.2. The van der Waals surface area contributed by atoms with Gasteiger partial charge in [-0.3, -0.25) is 9.89 Å². The van der Waals surface area contributed by atoms with Crippen LogP contribution in [0.2, 0.25) is 0 Å². The lowest BCUT2D eigenvalue weighted by Gasteiger charge is -2.25. The Morgan fingerprint density at radius 2 is 2.00 bits per heavy atom. The van der Waals surface area contributed by atoms with Crippen LogP contribution >= 0.6 is 11.8 Å². The van der Waals surface area contributed by atoms with Crippen molar-refractivity contribution >= 4 is 28.6 Å². The Bertz CT molecular complexity index is 843. The van der Waals surface area contributed by atoms with E-state index in [-0.39, 0.29) is 11.9 Å². The van der Waals surface area contributed by atoms with E-state index in [2.05, 4.69) is 27.6 Å². The van der Waals surface area contributed by atoms with E-state index in [1.54, 1.807) is 0 Å². The van der Waals surface area contributed by atoms with E-state index >= 15 is 0 Å². The summed E-state index contributed by atoms with van der Waals surface area (Å²) in [4.78, 5) is 13.9. The van der Waals surface area contributed by atoms with Gasteiger partial charge in [0.2, 0.25) is 0 Å². The first kappa shape index (κ1) is 13.4. The Balaban J connectivity index is 1.63. The zero-order valence-electron chi connectivity index (χ0n) is 11.9. The number of hydrogen-bond donors (Lipinski definition) is 2. The van der Waals surface area contributed by atoms with E-state index in [0.717, 1.165) is 23.1 Å². The highest BCUT2D eigenvalue weighted by Crippen LogP contribution is 2.36. The lowest BCUT2D eigenvalue weighted by Crippen LogP contribution is -2.31. The number of amides is 1. The van der Waals surface area contributed by atoms with Gasteiger partial charge >= 0.3 is 0 Å². The van der Waals surface area contributed by atoms with Crippen LogP contribution in [0.5, 0.6) is 0 Å². The van der Waals surface area contributed by atoms with Crippen molar-refractivity contribution in [2.45, 2.75) is 17.4 Å². The fourth-order valence-electron chi connectivity index (χ4n) is 2.86. The number of nitrogens with zero attached hydrogens (tertiary/aromatic N) is 1. The van der Waals surface area contributed by atoms with Crippen LogP contribution in [0, 0.1) is 0 Å². The molecule has 22 heavy (non-hydrogen) atoms. The van der Waals surface area contributed by atoms with Crippen LogP contribution in [0.3, 0.4) is 0 Å². The van der Waals surface area contributed by atoms with Gasteiger partial charge in [-0.1, -0.05) is 36.4 Å². The van der Waals surface area contributed by atoms with Gasteiger partial charge in [0.15, 0.2) is 5.69 Å². The van der Waals surface area contributed by atoms with Crippen LogP contribution in [-0.2, 0) is 0 Å². The van der Waals surface area contributed by atoms with Crippen molar-refractivity contribution in [3.8, 4) is 0 Å². The molecular formula is C17H15N3OS. The number of para-hydroxylation sites is 1. The minimum Gasteiger partial charge on any atom is -0.344 e. The second-order valence-electron chi connectivity index (χ2n) is 5.32. The molecule has 0 spiro atoms. The Kier molecular flexibility index (Phi) is 3.35. The van der Waals surface area contributed by atoms with Crippen LogP contribution in [0.1, 0.15) is 28.5 Å². The van der Waals surface area contributed by atoms with E-state index in [4.69, 9.17) is 0 Å². The van der Waals surface area contributed by atoms with E-state index in [0.29, 0.717) is 5.69 Å². The maximum absolute atomic E-state index is 12.6. The summed E-state index contributed by atoms with van der Waals surface area (Å²) in [6, 6.07) is 16.0. The number of fused-ring (bicyclic) bond motifs is 2. The third kappa shape index (κ3) is 2.27. The quantitative estimate of drug-likeness (QED) is 0.761. The van der Waals surface area contributed by atoms with Gasteiger partial charge < -0.3 is 5.32 Å². The lowest BCUT2D eigenvalue weighted by molar-refractivity contribution is 0.0931. The van der Waals surface area contributed by atoms with Crippen LogP contribution < -0.4 is 5.32 Å². The zero-order valence-corrected chi connectivity index (χ0v) is 12.7. The zero-order chi connectivity index (χ0) is 14.9. The summed E-state index contributed by atoms with van der Waals surface area (Å²) in [5, 5.41) is 11.1. The fraction of sp³-hybridized carbons (Fsp3) is 0.176. The standard InChI is InChI=1S/C17H15N3OS/c21-17(16-12-6-1-3-7-14(12)19-20-16)18-13-9-10-22-15-8-4-2-5-11(13)15/h1-8,13H,9-10H2,(H,18,21)(H,19,20)/t13-/m0/s1. The number of H-pyrrole nitrogens is 1. The molecule has 0 saturated carbocycles. The molecule has 3 aromatic rings. The van der Waals surface area contributed by atoms with Crippen molar-refractivity contribution < 1.29 is 4.79 Å². The summed E-state index contributed by atoms with van der Waals surface area (Å²) in [5.41, 5.74) is 2.55. The van der Waals surface area contributed by atoms with Crippen LogP contribution in [-0.4, -0.2) is 21.9 Å². The molecule has 0 fully saturated rings. The molecule has 0 radical (unpaired) electrons. The Morgan fingerprint density at radius 3 is 2.95 bits per heavy atom. The van der Waals surface area contributed by atoms with E-state index in [9.17, 15) is 4.79 Å². The summed E-state index contributed by atoms with van der Waals surface area (Å²) >= 11 is 1.85. The Morgan fingerprint density at radius 1 is 1.18 bits per heavy atom. The lowest BCUT2D eigenvalue weighted by atomic mass is 10.0. The minimum atomic E-state index is -0.121. The largest absolute Gasteiger partial charge is 0.344 e. The molecule has 2 heterocycles. The fourth-order valence-corrected chi connectivity index (χ4v) is 3.98. The van der Waals surface area contributed by atoms with Gasteiger partial charge in [0.1, 0.15) is 0 Å². The highest BCUT2D eigenvalue weighted by Gasteiger charge is 2.24. The maximum Gasteiger partial charge on any atom is 0.272 e. The van der Waals surface area contributed by atoms with Crippen molar-refractivity contribution in [2.75, 3.05) is 5.75 Å². The van der Waals surface area contributed by atoms with Crippen molar-refractivity contribution in [1.29, 1.82) is 0 Å².